The molecule has 0 aromatic rings. The molecule has 2 fully saturated rings. The zero-order valence-corrected chi connectivity index (χ0v) is 13.0. The van der Waals surface area contributed by atoms with Gasteiger partial charge in [-0.25, -0.2) is 4.79 Å². The molecule has 1 saturated carbocycles. The molecule has 21 heavy (non-hydrogen) atoms. The van der Waals surface area contributed by atoms with Crippen molar-refractivity contribution in [3.05, 3.63) is 0 Å². The van der Waals surface area contributed by atoms with Gasteiger partial charge in [-0.2, -0.15) is 0 Å². The van der Waals surface area contributed by atoms with Crippen LogP contribution in [0.2, 0.25) is 0 Å². The number of nitrogens with zero attached hydrogens (tertiary/aromatic N) is 2. The molecular formula is C15H26N2O4. The van der Waals surface area contributed by atoms with Crippen molar-refractivity contribution >= 4 is 12.0 Å². The Balaban J connectivity index is 1.68. The van der Waals surface area contributed by atoms with Crippen LogP contribution in [0.4, 0.5) is 4.79 Å². The first-order valence-electron chi connectivity index (χ1n) is 7.82. The molecule has 1 saturated heterocycles. The number of carbonyl (C=O) groups is 2. The van der Waals surface area contributed by atoms with Gasteiger partial charge in [-0.15, -0.1) is 0 Å². The monoisotopic (exact) mass is 298 g/mol. The van der Waals surface area contributed by atoms with E-state index in [9.17, 15) is 9.59 Å². The van der Waals surface area contributed by atoms with Gasteiger partial charge >= 0.3 is 6.09 Å². The van der Waals surface area contributed by atoms with Crippen molar-refractivity contribution < 1.29 is 19.1 Å². The van der Waals surface area contributed by atoms with Gasteiger partial charge in [-0.3, -0.25) is 4.79 Å². The SMILES string of the molecule is COC(=O)N1CCN(C(=O)COC2CCCC(C)C2)CC1. The van der Waals surface area contributed by atoms with E-state index in [1.54, 1.807) is 9.80 Å². The molecule has 0 aromatic heterocycles. The molecular weight excluding hydrogens is 272 g/mol. The highest BCUT2D eigenvalue weighted by Crippen LogP contribution is 2.25. The van der Waals surface area contributed by atoms with Crippen LogP contribution in [0.15, 0.2) is 0 Å². The van der Waals surface area contributed by atoms with Crippen molar-refractivity contribution in [1.29, 1.82) is 0 Å². The summed E-state index contributed by atoms with van der Waals surface area (Å²) >= 11 is 0. The van der Waals surface area contributed by atoms with Crippen LogP contribution in [0.25, 0.3) is 0 Å². The summed E-state index contributed by atoms with van der Waals surface area (Å²) < 4.78 is 10.4. The number of hydrogen-bond acceptors (Lipinski definition) is 4. The molecule has 0 radical (unpaired) electrons. The van der Waals surface area contributed by atoms with Gasteiger partial charge in [0.1, 0.15) is 6.61 Å². The highest BCUT2D eigenvalue weighted by Gasteiger charge is 2.26. The molecule has 2 amide bonds. The van der Waals surface area contributed by atoms with E-state index in [4.69, 9.17) is 4.74 Å². The standard InChI is InChI=1S/C15H26N2O4/c1-12-4-3-5-13(10-12)21-11-14(18)16-6-8-17(9-7-16)15(19)20-2/h12-13H,3-11H2,1-2H3. The Morgan fingerprint density at radius 1 is 1.10 bits per heavy atom. The maximum atomic E-state index is 12.1. The minimum absolute atomic E-state index is 0.0257. The van der Waals surface area contributed by atoms with E-state index in [1.807, 2.05) is 0 Å². The Kier molecular flexibility index (Phi) is 5.85. The van der Waals surface area contributed by atoms with Gasteiger partial charge in [0.05, 0.1) is 13.2 Å². The summed E-state index contributed by atoms with van der Waals surface area (Å²) in [6.07, 6.45) is 4.49. The van der Waals surface area contributed by atoms with Crippen LogP contribution in [0.1, 0.15) is 32.6 Å². The summed E-state index contributed by atoms with van der Waals surface area (Å²) in [6.45, 7) is 4.56. The molecule has 120 valence electrons. The zero-order valence-electron chi connectivity index (χ0n) is 13.0. The predicted molar refractivity (Wildman–Crippen MR) is 77.9 cm³/mol. The minimum atomic E-state index is -0.324. The van der Waals surface area contributed by atoms with E-state index in [1.165, 1.54) is 20.0 Å². The average molecular weight is 298 g/mol. The highest BCUT2D eigenvalue weighted by molar-refractivity contribution is 5.78. The summed E-state index contributed by atoms with van der Waals surface area (Å²) in [4.78, 5) is 26.9. The van der Waals surface area contributed by atoms with Crippen LogP contribution in [-0.4, -0.2) is 67.8 Å². The van der Waals surface area contributed by atoms with E-state index >= 15 is 0 Å². The maximum absolute atomic E-state index is 12.1. The molecule has 1 heterocycles. The van der Waals surface area contributed by atoms with E-state index in [2.05, 4.69) is 11.7 Å². The first kappa shape index (κ1) is 16.1. The van der Waals surface area contributed by atoms with Crippen LogP contribution >= 0.6 is 0 Å². The summed E-state index contributed by atoms with van der Waals surface area (Å²) in [5, 5.41) is 0. The third-order valence-corrected chi connectivity index (χ3v) is 4.40. The second-order valence-electron chi connectivity index (χ2n) is 6.04. The Hall–Kier alpha value is -1.30. The van der Waals surface area contributed by atoms with Crippen molar-refractivity contribution in [2.24, 2.45) is 5.92 Å². The minimum Gasteiger partial charge on any atom is -0.453 e. The molecule has 2 unspecified atom stereocenters. The predicted octanol–water partition coefficient (Wildman–Crippen LogP) is 1.49. The van der Waals surface area contributed by atoms with E-state index in [0.717, 1.165) is 12.8 Å². The quantitative estimate of drug-likeness (QED) is 0.792. The number of methoxy groups -OCH3 is 1. The van der Waals surface area contributed by atoms with Crippen LogP contribution in [-0.2, 0) is 14.3 Å². The normalized spacial score (nSPS) is 26.6. The molecule has 0 spiro atoms. The topological polar surface area (TPSA) is 59.1 Å². The number of carbonyl (C=O) groups excluding carboxylic acids is 2. The Labute approximate surface area is 126 Å². The fourth-order valence-corrected chi connectivity index (χ4v) is 3.08. The van der Waals surface area contributed by atoms with Gasteiger partial charge in [0, 0.05) is 26.2 Å². The Morgan fingerprint density at radius 2 is 1.76 bits per heavy atom. The van der Waals surface area contributed by atoms with E-state index in [-0.39, 0.29) is 24.7 Å². The van der Waals surface area contributed by atoms with Crippen molar-refractivity contribution in [2.45, 2.75) is 38.7 Å². The molecule has 0 N–H and O–H groups in total. The number of amides is 2. The van der Waals surface area contributed by atoms with E-state index in [0.29, 0.717) is 32.1 Å². The summed E-state index contributed by atoms with van der Waals surface area (Å²) in [5.41, 5.74) is 0. The molecule has 1 aliphatic heterocycles. The lowest BCUT2D eigenvalue weighted by atomic mass is 9.89. The van der Waals surface area contributed by atoms with Crippen LogP contribution in [0.3, 0.4) is 0 Å². The van der Waals surface area contributed by atoms with Crippen molar-refractivity contribution in [3.8, 4) is 0 Å². The van der Waals surface area contributed by atoms with Crippen molar-refractivity contribution in [2.75, 3.05) is 39.9 Å². The summed E-state index contributed by atoms with van der Waals surface area (Å²) in [7, 11) is 1.37. The lowest BCUT2D eigenvalue weighted by molar-refractivity contribution is -0.140. The Bertz CT molecular complexity index is 367. The maximum Gasteiger partial charge on any atom is 0.409 e. The Morgan fingerprint density at radius 3 is 2.38 bits per heavy atom. The largest absolute Gasteiger partial charge is 0.453 e. The lowest BCUT2D eigenvalue weighted by Crippen LogP contribution is -2.51. The fourth-order valence-electron chi connectivity index (χ4n) is 3.08. The number of ether oxygens (including phenoxy) is 2. The third kappa shape index (κ3) is 4.59. The average Bonchev–Trinajstić information content (AvgIpc) is 2.52. The number of rotatable bonds is 3. The lowest BCUT2D eigenvalue weighted by Gasteiger charge is -2.34. The van der Waals surface area contributed by atoms with Crippen molar-refractivity contribution in [1.82, 2.24) is 9.80 Å². The van der Waals surface area contributed by atoms with Crippen LogP contribution in [0, 0.1) is 5.92 Å². The highest BCUT2D eigenvalue weighted by atomic mass is 16.5. The fraction of sp³-hybridized carbons (Fsp3) is 0.867. The molecule has 0 aromatic carbocycles. The van der Waals surface area contributed by atoms with Crippen molar-refractivity contribution in [3.63, 3.8) is 0 Å². The molecule has 2 rings (SSSR count). The molecule has 1 aliphatic carbocycles. The third-order valence-electron chi connectivity index (χ3n) is 4.40. The molecule has 0 bridgehead atoms. The first-order chi connectivity index (χ1) is 10.1. The van der Waals surface area contributed by atoms with E-state index < -0.39 is 0 Å². The summed E-state index contributed by atoms with van der Waals surface area (Å²) in [5.74, 6) is 0.722. The van der Waals surface area contributed by atoms with Gasteiger partial charge in [0.2, 0.25) is 5.91 Å². The molecule has 6 nitrogen and oxygen atoms in total. The van der Waals surface area contributed by atoms with Crippen LogP contribution in [0.5, 0.6) is 0 Å². The first-order valence-corrected chi connectivity index (χ1v) is 7.82. The second kappa shape index (κ2) is 7.64. The van der Waals surface area contributed by atoms with Crippen LogP contribution < -0.4 is 0 Å². The second-order valence-corrected chi connectivity index (χ2v) is 6.04. The number of hydrogen-bond donors (Lipinski definition) is 0. The van der Waals surface area contributed by atoms with Gasteiger partial charge < -0.3 is 19.3 Å². The van der Waals surface area contributed by atoms with Gasteiger partial charge in [-0.1, -0.05) is 19.8 Å². The number of piperazine rings is 1. The smallest absolute Gasteiger partial charge is 0.409 e. The van der Waals surface area contributed by atoms with Gasteiger partial charge in [0.15, 0.2) is 0 Å². The summed E-state index contributed by atoms with van der Waals surface area (Å²) in [6, 6.07) is 0. The zero-order chi connectivity index (χ0) is 15.2. The molecule has 6 heteroatoms. The molecule has 2 atom stereocenters. The molecule has 2 aliphatic rings. The van der Waals surface area contributed by atoms with Gasteiger partial charge in [-0.05, 0) is 18.8 Å². The van der Waals surface area contributed by atoms with Gasteiger partial charge in [0.25, 0.3) is 0 Å².